The van der Waals surface area contributed by atoms with E-state index in [-0.39, 0.29) is 24.3 Å². The van der Waals surface area contributed by atoms with Gasteiger partial charge < -0.3 is 15.8 Å². The van der Waals surface area contributed by atoms with Crippen molar-refractivity contribution in [1.82, 2.24) is 5.32 Å². The van der Waals surface area contributed by atoms with E-state index in [1.807, 2.05) is 43.3 Å². The Morgan fingerprint density at radius 3 is 2.50 bits per heavy atom. The molecular weight excluding hydrogens is 498 g/mol. The van der Waals surface area contributed by atoms with E-state index in [9.17, 15) is 13.2 Å². The van der Waals surface area contributed by atoms with Gasteiger partial charge in [0, 0.05) is 18.2 Å². The van der Waals surface area contributed by atoms with Crippen molar-refractivity contribution in [3.8, 4) is 0 Å². The third-order valence-electron chi connectivity index (χ3n) is 6.91. The summed E-state index contributed by atoms with van der Waals surface area (Å²) in [6, 6.07) is 23.2. The summed E-state index contributed by atoms with van der Waals surface area (Å²) in [5.41, 5.74) is 10.8. The lowest BCUT2D eigenvalue weighted by atomic mass is 9.92. The van der Waals surface area contributed by atoms with Crippen LogP contribution in [0.4, 0.5) is 5.69 Å². The highest BCUT2D eigenvalue weighted by molar-refractivity contribution is 7.92. The Kier molecular flexibility index (Phi) is 8.55. The second-order valence-electron chi connectivity index (χ2n) is 10.4. The summed E-state index contributed by atoms with van der Waals surface area (Å²) in [6.07, 6.45) is 2.13. The Morgan fingerprint density at radius 1 is 1.03 bits per heavy atom. The Labute approximate surface area is 226 Å². The number of ether oxygens (including phenoxy) is 1. The summed E-state index contributed by atoms with van der Waals surface area (Å²) in [6.45, 7) is 4.06. The summed E-state index contributed by atoms with van der Waals surface area (Å²) in [5.74, 6) is -0.318. The Bertz CT molecular complexity index is 1370. The smallest absolute Gasteiger partial charge is 0.251 e. The molecule has 7 nitrogen and oxygen atoms in total. The minimum absolute atomic E-state index is 0.0481. The number of benzene rings is 3. The molecule has 1 aliphatic heterocycles. The number of aryl methyl sites for hydroxylation is 1. The SMILES string of the molecule is CCS(=O)(=O)N(C)c1cc2cc(c1)C(=O)N[C@@H](c1ccccc1)CCc1cccc(c1)C[C@@](C)(N)COC2. The largest absolute Gasteiger partial charge is 0.375 e. The monoisotopic (exact) mass is 535 g/mol. The van der Waals surface area contributed by atoms with Crippen LogP contribution in [0.1, 0.15) is 58.9 Å². The van der Waals surface area contributed by atoms with Crippen LogP contribution in [-0.2, 0) is 34.2 Å². The lowest BCUT2D eigenvalue weighted by Crippen LogP contribution is -2.43. The number of hydrogen-bond acceptors (Lipinski definition) is 5. The van der Waals surface area contributed by atoms with Crippen LogP contribution in [0.15, 0.2) is 72.8 Å². The van der Waals surface area contributed by atoms with Crippen LogP contribution in [0.5, 0.6) is 0 Å². The van der Waals surface area contributed by atoms with Gasteiger partial charge in [0.2, 0.25) is 10.0 Å². The zero-order valence-corrected chi connectivity index (χ0v) is 23.1. The maximum absolute atomic E-state index is 13.6. The van der Waals surface area contributed by atoms with Gasteiger partial charge in [-0.05, 0) is 73.6 Å². The van der Waals surface area contributed by atoms with E-state index < -0.39 is 15.6 Å². The number of rotatable bonds is 4. The van der Waals surface area contributed by atoms with Crippen LogP contribution in [0.2, 0.25) is 0 Å². The van der Waals surface area contributed by atoms with Gasteiger partial charge in [0.15, 0.2) is 0 Å². The van der Waals surface area contributed by atoms with Crippen LogP contribution in [0, 0.1) is 0 Å². The van der Waals surface area contributed by atoms with Gasteiger partial charge in [0.05, 0.1) is 30.7 Å². The molecule has 2 atom stereocenters. The predicted octanol–water partition coefficient (Wildman–Crippen LogP) is 4.37. The molecule has 0 radical (unpaired) electrons. The molecule has 3 N–H and O–H groups in total. The molecule has 3 aromatic carbocycles. The molecule has 38 heavy (non-hydrogen) atoms. The molecule has 202 valence electrons. The minimum atomic E-state index is -3.52. The summed E-state index contributed by atoms with van der Waals surface area (Å²) in [5, 5.41) is 3.20. The fourth-order valence-corrected chi connectivity index (χ4v) is 5.61. The van der Waals surface area contributed by atoms with Gasteiger partial charge in [-0.15, -0.1) is 0 Å². The molecule has 0 saturated carbocycles. The average molecular weight is 536 g/mol. The van der Waals surface area contributed by atoms with Gasteiger partial charge in [0.25, 0.3) is 5.91 Å². The minimum Gasteiger partial charge on any atom is -0.375 e. The first-order valence-corrected chi connectivity index (χ1v) is 14.6. The molecule has 1 amide bonds. The van der Waals surface area contributed by atoms with E-state index in [4.69, 9.17) is 10.5 Å². The molecule has 3 aromatic rings. The van der Waals surface area contributed by atoms with Crippen molar-refractivity contribution in [2.75, 3.05) is 23.7 Å². The topological polar surface area (TPSA) is 102 Å². The number of anilines is 1. The summed E-state index contributed by atoms with van der Waals surface area (Å²) in [4.78, 5) is 13.6. The van der Waals surface area contributed by atoms with Gasteiger partial charge in [-0.2, -0.15) is 0 Å². The van der Waals surface area contributed by atoms with Crippen LogP contribution < -0.4 is 15.4 Å². The number of nitrogens with two attached hydrogens (primary N) is 1. The summed E-state index contributed by atoms with van der Waals surface area (Å²) >= 11 is 0. The molecule has 0 unspecified atom stereocenters. The van der Waals surface area contributed by atoms with Crippen molar-refractivity contribution in [3.05, 3.63) is 101 Å². The molecule has 0 aliphatic carbocycles. The molecule has 0 fully saturated rings. The molecule has 1 heterocycles. The van der Waals surface area contributed by atoms with Crippen LogP contribution in [0.3, 0.4) is 0 Å². The molecule has 1 aliphatic rings. The lowest BCUT2D eigenvalue weighted by molar-refractivity contribution is 0.0789. The second kappa shape index (κ2) is 11.7. The highest BCUT2D eigenvalue weighted by Crippen LogP contribution is 2.25. The Hall–Kier alpha value is -3.20. The Balaban J connectivity index is 1.74. The highest BCUT2D eigenvalue weighted by atomic mass is 32.2. The van der Waals surface area contributed by atoms with Crippen molar-refractivity contribution in [1.29, 1.82) is 0 Å². The van der Waals surface area contributed by atoms with Gasteiger partial charge in [-0.3, -0.25) is 9.10 Å². The number of fused-ring (bicyclic) bond motifs is 4. The third-order valence-corrected chi connectivity index (χ3v) is 8.69. The fraction of sp³-hybridized carbons (Fsp3) is 0.367. The normalized spacial score (nSPS) is 20.9. The molecule has 8 heteroatoms. The van der Waals surface area contributed by atoms with Gasteiger partial charge in [-0.25, -0.2) is 8.42 Å². The predicted molar refractivity (Wildman–Crippen MR) is 152 cm³/mol. The van der Waals surface area contributed by atoms with Crippen molar-refractivity contribution < 1.29 is 17.9 Å². The fourth-order valence-electron chi connectivity index (χ4n) is 4.80. The standard InChI is InChI=1S/C30H37N3O4S/c1-4-38(35,36)33(3)27-17-24-16-26(18-27)29(34)32-28(25-11-6-5-7-12-25)14-13-22-9-8-10-23(15-22)19-30(2,31)21-37-20-24/h5-12,15-18,28H,4,13-14,19-21,31H2,1-3H3,(H,32,34)/t28-,30-/m1/s1. The number of hydrogen-bond donors (Lipinski definition) is 2. The van der Waals surface area contributed by atoms with Gasteiger partial charge in [0.1, 0.15) is 0 Å². The highest BCUT2D eigenvalue weighted by Gasteiger charge is 2.23. The zero-order valence-electron chi connectivity index (χ0n) is 22.3. The van der Waals surface area contributed by atoms with Crippen molar-refractivity contribution >= 4 is 21.6 Å². The maximum atomic E-state index is 13.6. The first-order chi connectivity index (χ1) is 18.1. The molecule has 0 saturated heterocycles. The van der Waals surface area contributed by atoms with Crippen molar-refractivity contribution in [2.24, 2.45) is 5.73 Å². The first-order valence-electron chi connectivity index (χ1n) is 13.0. The van der Waals surface area contributed by atoms with Gasteiger partial charge >= 0.3 is 0 Å². The molecule has 4 rings (SSSR count). The number of nitrogens with one attached hydrogen (secondary N) is 1. The molecule has 4 bridgehead atoms. The quantitative estimate of drug-likeness (QED) is 0.517. The van der Waals surface area contributed by atoms with E-state index in [1.54, 1.807) is 25.1 Å². The first kappa shape index (κ1) is 27.8. The van der Waals surface area contributed by atoms with E-state index in [1.165, 1.54) is 16.9 Å². The summed E-state index contributed by atoms with van der Waals surface area (Å²) in [7, 11) is -2.01. The number of sulfonamides is 1. The number of carbonyl (C=O) groups excluding carboxylic acids is 1. The molecule has 0 aromatic heterocycles. The summed E-state index contributed by atoms with van der Waals surface area (Å²) < 4.78 is 32.5. The number of nitrogens with zero attached hydrogens (tertiary/aromatic N) is 1. The van der Waals surface area contributed by atoms with E-state index in [0.29, 0.717) is 36.3 Å². The van der Waals surface area contributed by atoms with E-state index >= 15 is 0 Å². The third kappa shape index (κ3) is 7.01. The van der Waals surface area contributed by atoms with Crippen LogP contribution in [0.25, 0.3) is 0 Å². The Morgan fingerprint density at radius 2 is 1.76 bits per heavy atom. The van der Waals surface area contributed by atoms with E-state index in [2.05, 4.69) is 23.5 Å². The second-order valence-corrected chi connectivity index (χ2v) is 12.7. The van der Waals surface area contributed by atoms with E-state index in [0.717, 1.165) is 17.5 Å². The van der Waals surface area contributed by atoms with Gasteiger partial charge in [-0.1, -0.05) is 54.6 Å². The van der Waals surface area contributed by atoms with Crippen LogP contribution in [-0.4, -0.2) is 39.3 Å². The molecule has 0 spiro atoms. The van der Waals surface area contributed by atoms with Crippen molar-refractivity contribution in [3.63, 3.8) is 0 Å². The average Bonchev–Trinajstić information content (AvgIpc) is 2.90. The number of amides is 1. The molecular formula is C30H37N3O4S. The maximum Gasteiger partial charge on any atom is 0.251 e. The lowest BCUT2D eigenvalue weighted by Gasteiger charge is -2.26. The zero-order chi connectivity index (χ0) is 27.3. The van der Waals surface area contributed by atoms with Crippen molar-refractivity contribution in [2.45, 2.75) is 51.3 Å². The van der Waals surface area contributed by atoms with Crippen LogP contribution >= 0.6 is 0 Å². The number of carbonyl (C=O) groups is 1.